The number of esters is 1. The van der Waals surface area contributed by atoms with Gasteiger partial charge >= 0.3 is 5.97 Å². The Morgan fingerprint density at radius 1 is 1.17 bits per heavy atom. The molecule has 1 aromatic carbocycles. The Hall–Kier alpha value is -2.16. The molecular weight excluding hydrogens is 324 g/mol. The van der Waals surface area contributed by atoms with Crippen LogP contribution in [0.4, 0.5) is 11.4 Å². The third kappa shape index (κ3) is 4.92. The van der Waals surface area contributed by atoms with Crippen LogP contribution in [-0.2, 0) is 9.53 Å². The molecule has 8 nitrogen and oxygen atoms in total. The van der Waals surface area contributed by atoms with Crippen molar-refractivity contribution in [2.24, 2.45) is 0 Å². The minimum Gasteiger partial charge on any atom is -0.462 e. The lowest BCUT2D eigenvalue weighted by molar-refractivity contribution is -0.396. The van der Waals surface area contributed by atoms with Crippen LogP contribution >= 0.6 is 11.8 Å². The minimum absolute atomic E-state index is 0.0604. The lowest BCUT2D eigenvalue weighted by atomic mass is 9.98. The Morgan fingerprint density at radius 2 is 1.87 bits per heavy atom. The van der Waals surface area contributed by atoms with Gasteiger partial charge in [0.25, 0.3) is 11.4 Å². The second kappa shape index (κ2) is 7.91. The van der Waals surface area contributed by atoms with Crippen molar-refractivity contribution in [1.29, 1.82) is 0 Å². The number of thioether (sulfide) groups is 1. The van der Waals surface area contributed by atoms with Crippen LogP contribution in [0.3, 0.4) is 0 Å². The maximum absolute atomic E-state index is 11.8. The zero-order chi connectivity index (χ0) is 16.8. The number of nitro benzene ring substituents is 2. The zero-order valence-electron chi connectivity index (χ0n) is 12.3. The maximum Gasteiger partial charge on any atom is 0.316 e. The van der Waals surface area contributed by atoms with Crippen molar-refractivity contribution in [3.8, 4) is 0 Å². The normalized spacial score (nSPS) is 15.1. The summed E-state index contributed by atoms with van der Waals surface area (Å²) in [6.07, 6.45) is 4.88. The molecular formula is C14H16N2O6S. The summed E-state index contributed by atoms with van der Waals surface area (Å²) in [6.45, 7) is 0. The quantitative estimate of drug-likeness (QED) is 0.337. The van der Waals surface area contributed by atoms with Crippen LogP contribution in [0.15, 0.2) is 23.1 Å². The van der Waals surface area contributed by atoms with Crippen LogP contribution in [0.2, 0.25) is 0 Å². The van der Waals surface area contributed by atoms with E-state index >= 15 is 0 Å². The van der Waals surface area contributed by atoms with Gasteiger partial charge < -0.3 is 4.74 Å². The lowest BCUT2D eigenvalue weighted by Gasteiger charge is -2.21. The predicted molar refractivity (Wildman–Crippen MR) is 83.4 cm³/mol. The molecule has 0 atom stereocenters. The fraction of sp³-hybridized carbons (Fsp3) is 0.500. The molecule has 0 N–H and O–H groups in total. The average Bonchev–Trinajstić information content (AvgIpc) is 2.53. The van der Waals surface area contributed by atoms with Crippen LogP contribution in [-0.4, -0.2) is 27.7 Å². The molecule has 9 heteroatoms. The molecule has 124 valence electrons. The Kier molecular flexibility index (Phi) is 5.91. The molecule has 1 aliphatic carbocycles. The van der Waals surface area contributed by atoms with Gasteiger partial charge in [0.1, 0.15) is 6.10 Å². The Labute approximate surface area is 136 Å². The summed E-state index contributed by atoms with van der Waals surface area (Å²) in [6, 6.07) is 3.37. The molecule has 0 bridgehead atoms. The Bertz CT molecular complexity index is 615. The molecule has 0 spiro atoms. The second-order valence-electron chi connectivity index (χ2n) is 5.20. The van der Waals surface area contributed by atoms with E-state index in [0.29, 0.717) is 0 Å². The van der Waals surface area contributed by atoms with Gasteiger partial charge in [-0.05, 0) is 31.7 Å². The van der Waals surface area contributed by atoms with Gasteiger partial charge in [-0.15, -0.1) is 11.8 Å². The maximum atomic E-state index is 11.8. The standard InChI is InChI=1S/C14H16N2O6S/c17-14(22-11-4-2-1-3-5-11)9-23-13-7-6-10(15(18)19)8-12(13)16(20)21/h6-8,11H,1-5,9H2. The summed E-state index contributed by atoms with van der Waals surface area (Å²) in [5.41, 5.74) is -0.736. The number of benzene rings is 1. The highest BCUT2D eigenvalue weighted by molar-refractivity contribution is 8.00. The van der Waals surface area contributed by atoms with E-state index in [1.54, 1.807) is 0 Å². The molecule has 0 amide bonds. The van der Waals surface area contributed by atoms with E-state index in [1.807, 2.05) is 0 Å². The molecule has 0 radical (unpaired) electrons. The van der Waals surface area contributed by atoms with Crippen LogP contribution in [0.1, 0.15) is 32.1 Å². The number of hydrogen-bond donors (Lipinski definition) is 0. The van der Waals surface area contributed by atoms with E-state index < -0.39 is 15.8 Å². The first-order chi connectivity index (χ1) is 11.0. The van der Waals surface area contributed by atoms with E-state index in [9.17, 15) is 25.0 Å². The van der Waals surface area contributed by atoms with Gasteiger partial charge in [0.15, 0.2) is 0 Å². The molecule has 0 saturated heterocycles. The zero-order valence-corrected chi connectivity index (χ0v) is 13.1. The SMILES string of the molecule is O=C(CSc1ccc([N+](=O)[O-])cc1[N+](=O)[O-])OC1CCCCC1. The third-order valence-electron chi connectivity index (χ3n) is 3.55. The Morgan fingerprint density at radius 3 is 2.48 bits per heavy atom. The van der Waals surface area contributed by atoms with Crippen molar-refractivity contribution in [2.45, 2.75) is 43.1 Å². The highest BCUT2D eigenvalue weighted by atomic mass is 32.2. The van der Waals surface area contributed by atoms with E-state index in [2.05, 4.69) is 0 Å². The molecule has 23 heavy (non-hydrogen) atoms. The summed E-state index contributed by atoms with van der Waals surface area (Å²) >= 11 is 0.954. The molecule has 0 heterocycles. The van der Waals surface area contributed by atoms with Gasteiger partial charge in [0, 0.05) is 6.07 Å². The van der Waals surface area contributed by atoms with Gasteiger partial charge in [-0.25, -0.2) is 0 Å². The van der Waals surface area contributed by atoms with Crippen LogP contribution in [0, 0.1) is 20.2 Å². The molecule has 0 aromatic heterocycles. The fourth-order valence-corrected chi connectivity index (χ4v) is 3.21. The van der Waals surface area contributed by atoms with E-state index in [-0.39, 0.29) is 28.1 Å². The number of rotatable bonds is 6. The highest BCUT2D eigenvalue weighted by Crippen LogP contribution is 2.32. The highest BCUT2D eigenvalue weighted by Gasteiger charge is 2.22. The molecule has 2 rings (SSSR count). The van der Waals surface area contributed by atoms with Crippen molar-refractivity contribution < 1.29 is 19.4 Å². The number of hydrogen-bond acceptors (Lipinski definition) is 7. The van der Waals surface area contributed by atoms with Crippen LogP contribution in [0.5, 0.6) is 0 Å². The number of nitro groups is 2. The second-order valence-corrected chi connectivity index (χ2v) is 6.22. The van der Waals surface area contributed by atoms with E-state index in [4.69, 9.17) is 4.74 Å². The van der Waals surface area contributed by atoms with Gasteiger partial charge in [-0.1, -0.05) is 6.42 Å². The molecule has 1 fully saturated rings. The van der Waals surface area contributed by atoms with Crippen molar-refractivity contribution in [2.75, 3.05) is 5.75 Å². The molecule has 0 unspecified atom stereocenters. The summed E-state index contributed by atoms with van der Waals surface area (Å²) < 4.78 is 5.34. The summed E-state index contributed by atoms with van der Waals surface area (Å²) in [5.74, 6) is -0.482. The number of non-ortho nitro benzene ring substituents is 1. The first-order valence-corrected chi connectivity index (χ1v) is 8.21. The first kappa shape index (κ1) is 17.2. The van der Waals surface area contributed by atoms with Crippen molar-refractivity contribution in [3.05, 3.63) is 38.4 Å². The molecule has 0 aliphatic heterocycles. The lowest BCUT2D eigenvalue weighted by Crippen LogP contribution is -2.21. The van der Waals surface area contributed by atoms with Crippen molar-refractivity contribution in [3.63, 3.8) is 0 Å². The van der Waals surface area contributed by atoms with Crippen LogP contribution < -0.4 is 0 Å². The average molecular weight is 340 g/mol. The van der Waals surface area contributed by atoms with Crippen LogP contribution in [0.25, 0.3) is 0 Å². The van der Waals surface area contributed by atoms with Gasteiger partial charge in [0.05, 0.1) is 26.6 Å². The predicted octanol–water partition coefficient (Wildman–Crippen LogP) is 3.47. The number of nitrogens with zero attached hydrogens (tertiary/aromatic N) is 2. The number of carbonyl (C=O) groups excluding carboxylic acids is 1. The molecule has 1 saturated carbocycles. The first-order valence-electron chi connectivity index (χ1n) is 7.22. The minimum atomic E-state index is -0.696. The summed E-state index contributed by atoms with van der Waals surface area (Å²) in [7, 11) is 0. The van der Waals surface area contributed by atoms with Gasteiger partial charge in [0.2, 0.25) is 0 Å². The molecule has 1 aliphatic rings. The third-order valence-corrected chi connectivity index (χ3v) is 4.58. The van der Waals surface area contributed by atoms with Gasteiger partial charge in [-0.3, -0.25) is 25.0 Å². The van der Waals surface area contributed by atoms with E-state index in [0.717, 1.165) is 49.9 Å². The monoisotopic (exact) mass is 340 g/mol. The summed E-state index contributed by atoms with van der Waals surface area (Å²) in [4.78, 5) is 32.3. The topological polar surface area (TPSA) is 113 Å². The fourth-order valence-electron chi connectivity index (χ4n) is 2.42. The van der Waals surface area contributed by atoms with Crippen molar-refractivity contribution in [1.82, 2.24) is 0 Å². The smallest absolute Gasteiger partial charge is 0.316 e. The number of ether oxygens (including phenoxy) is 1. The largest absolute Gasteiger partial charge is 0.462 e. The van der Waals surface area contributed by atoms with Gasteiger partial charge in [-0.2, -0.15) is 0 Å². The number of carbonyl (C=O) groups is 1. The van der Waals surface area contributed by atoms with Crippen molar-refractivity contribution >= 4 is 29.1 Å². The van der Waals surface area contributed by atoms with E-state index in [1.165, 1.54) is 12.1 Å². The Balaban J connectivity index is 1.97. The molecule has 1 aromatic rings. The summed E-state index contributed by atoms with van der Waals surface area (Å²) in [5, 5.41) is 21.7.